The Bertz CT molecular complexity index is 1260. The van der Waals surface area contributed by atoms with Crippen molar-refractivity contribution >= 4 is 32.5 Å². The topological polar surface area (TPSA) is 102 Å². The van der Waals surface area contributed by atoms with E-state index in [0.717, 1.165) is 11.8 Å². The number of phenolic OH excluding ortho intramolecular Hbond substituents is 1. The van der Waals surface area contributed by atoms with Crippen molar-refractivity contribution < 1.29 is 27.8 Å². The Kier molecular flexibility index (Phi) is 5.63. The maximum absolute atomic E-state index is 12.0. The molecule has 8 heteroatoms. The smallest absolute Gasteiger partial charge is 0.337 e. The summed E-state index contributed by atoms with van der Waals surface area (Å²) in [5.74, 6) is 0.0876. The largest absolute Gasteiger partial charge is 0.507 e. The summed E-state index contributed by atoms with van der Waals surface area (Å²) in [5, 5.41) is 12.1. The number of carbonyl (C=O) groups excluding carboxylic acids is 1. The molecule has 0 amide bonds. The van der Waals surface area contributed by atoms with Crippen molar-refractivity contribution in [1.82, 2.24) is 0 Å². The first-order valence-corrected chi connectivity index (χ1v) is 11.0. The number of aryl methyl sites for hydroxylation is 1. The first kappa shape index (κ1) is 21.4. The van der Waals surface area contributed by atoms with Gasteiger partial charge in [0.1, 0.15) is 11.5 Å². The summed E-state index contributed by atoms with van der Waals surface area (Å²) in [6.07, 6.45) is 1.07. The minimum atomic E-state index is -3.58. The normalized spacial score (nSPS) is 11.4. The predicted octanol–water partition coefficient (Wildman–Crippen LogP) is 4.00. The van der Waals surface area contributed by atoms with Crippen molar-refractivity contribution in [2.75, 3.05) is 25.2 Å². The Hall–Kier alpha value is -3.26. The highest BCUT2D eigenvalue weighted by Gasteiger charge is 2.22. The molecule has 0 atom stereocenters. The molecule has 0 aliphatic carbocycles. The Balaban J connectivity index is 2.41. The molecule has 30 heavy (non-hydrogen) atoms. The highest BCUT2D eigenvalue weighted by Crippen LogP contribution is 2.46. The molecule has 0 unspecified atom stereocenters. The van der Waals surface area contributed by atoms with E-state index >= 15 is 0 Å². The average molecular weight is 429 g/mol. The van der Waals surface area contributed by atoms with Crippen LogP contribution in [0.3, 0.4) is 0 Å². The van der Waals surface area contributed by atoms with Crippen LogP contribution in [0.15, 0.2) is 36.4 Å². The number of sulfonamides is 1. The van der Waals surface area contributed by atoms with Crippen LogP contribution in [0.25, 0.3) is 21.9 Å². The first-order chi connectivity index (χ1) is 14.1. The predicted molar refractivity (Wildman–Crippen MR) is 117 cm³/mol. The highest BCUT2D eigenvalue weighted by molar-refractivity contribution is 7.92. The van der Waals surface area contributed by atoms with Crippen LogP contribution < -0.4 is 9.46 Å². The van der Waals surface area contributed by atoms with Gasteiger partial charge in [0.15, 0.2) is 0 Å². The van der Waals surface area contributed by atoms with Crippen molar-refractivity contribution in [1.29, 1.82) is 0 Å². The molecule has 3 rings (SSSR count). The molecule has 7 nitrogen and oxygen atoms in total. The Morgan fingerprint density at radius 3 is 2.33 bits per heavy atom. The Morgan fingerprint density at radius 2 is 1.73 bits per heavy atom. The Morgan fingerprint density at radius 1 is 1.03 bits per heavy atom. The Labute approximate surface area is 175 Å². The molecular weight excluding hydrogens is 406 g/mol. The van der Waals surface area contributed by atoms with E-state index in [9.17, 15) is 18.3 Å². The molecule has 0 bridgehead atoms. The summed E-state index contributed by atoms with van der Waals surface area (Å²) in [4.78, 5) is 11.9. The van der Waals surface area contributed by atoms with Gasteiger partial charge in [-0.15, -0.1) is 0 Å². The maximum atomic E-state index is 12.0. The number of benzene rings is 3. The van der Waals surface area contributed by atoms with Gasteiger partial charge in [0, 0.05) is 16.7 Å². The first-order valence-electron chi connectivity index (χ1n) is 9.07. The second-order valence-electron chi connectivity index (χ2n) is 7.04. The lowest BCUT2D eigenvalue weighted by Crippen LogP contribution is -2.12. The van der Waals surface area contributed by atoms with E-state index in [1.165, 1.54) is 20.3 Å². The van der Waals surface area contributed by atoms with E-state index in [2.05, 4.69) is 4.72 Å². The number of ether oxygens (including phenoxy) is 2. The summed E-state index contributed by atoms with van der Waals surface area (Å²) < 4.78 is 36.9. The van der Waals surface area contributed by atoms with Gasteiger partial charge in [-0.1, -0.05) is 12.1 Å². The minimum Gasteiger partial charge on any atom is -0.507 e. The van der Waals surface area contributed by atoms with Crippen molar-refractivity contribution in [3.05, 3.63) is 53.1 Å². The number of methoxy groups -OCH3 is 2. The number of fused-ring (bicyclic) bond motifs is 1. The monoisotopic (exact) mass is 429 g/mol. The lowest BCUT2D eigenvalue weighted by Gasteiger charge is -2.21. The molecule has 158 valence electrons. The third-order valence-electron chi connectivity index (χ3n) is 4.87. The van der Waals surface area contributed by atoms with Crippen molar-refractivity contribution in [2.45, 2.75) is 13.8 Å². The molecule has 2 N–H and O–H groups in total. The van der Waals surface area contributed by atoms with Crippen LogP contribution in [-0.2, 0) is 14.8 Å². The number of hydrogen-bond donors (Lipinski definition) is 2. The summed E-state index contributed by atoms with van der Waals surface area (Å²) >= 11 is 0. The van der Waals surface area contributed by atoms with Gasteiger partial charge in [-0.3, -0.25) is 4.72 Å². The van der Waals surface area contributed by atoms with Crippen LogP contribution in [0, 0.1) is 13.8 Å². The van der Waals surface area contributed by atoms with Gasteiger partial charge in [-0.05, 0) is 54.4 Å². The van der Waals surface area contributed by atoms with E-state index in [-0.39, 0.29) is 5.75 Å². The molecule has 0 saturated heterocycles. The summed E-state index contributed by atoms with van der Waals surface area (Å²) in [5.41, 5.74) is 3.05. The standard InChI is InChI=1S/C22H23NO6S/c1-12-10-17(23-30(5,26)27)19(13(2)21(12)28-3)20-16-8-6-15(22(25)29-4)11-14(16)7-9-18(20)24/h6-11,23-24H,1-5H3. The number of hydrogen-bond acceptors (Lipinski definition) is 6. The van der Waals surface area contributed by atoms with Crippen LogP contribution in [0.2, 0.25) is 0 Å². The third kappa shape index (κ3) is 3.91. The van der Waals surface area contributed by atoms with Gasteiger partial charge in [-0.2, -0.15) is 0 Å². The number of esters is 1. The number of anilines is 1. The van der Waals surface area contributed by atoms with Crippen LogP contribution in [-0.4, -0.2) is 40.0 Å². The van der Waals surface area contributed by atoms with Crippen LogP contribution >= 0.6 is 0 Å². The van der Waals surface area contributed by atoms with Crippen molar-refractivity contribution in [2.24, 2.45) is 0 Å². The lowest BCUT2D eigenvalue weighted by atomic mass is 9.90. The molecule has 0 spiro atoms. The fraction of sp³-hybridized carbons (Fsp3) is 0.227. The number of carbonyl (C=O) groups is 1. The van der Waals surface area contributed by atoms with Crippen LogP contribution in [0.1, 0.15) is 21.5 Å². The fourth-order valence-electron chi connectivity index (χ4n) is 3.71. The zero-order valence-corrected chi connectivity index (χ0v) is 18.2. The second-order valence-corrected chi connectivity index (χ2v) is 8.78. The van der Waals surface area contributed by atoms with E-state index in [1.807, 2.05) is 6.92 Å². The average Bonchev–Trinajstić information content (AvgIpc) is 2.67. The fourth-order valence-corrected chi connectivity index (χ4v) is 4.27. The zero-order chi connectivity index (χ0) is 22.2. The van der Waals surface area contributed by atoms with Crippen molar-refractivity contribution in [3.63, 3.8) is 0 Å². The van der Waals surface area contributed by atoms with Gasteiger partial charge in [0.2, 0.25) is 10.0 Å². The lowest BCUT2D eigenvalue weighted by molar-refractivity contribution is 0.0601. The zero-order valence-electron chi connectivity index (χ0n) is 17.4. The molecule has 0 aromatic heterocycles. The molecule has 0 aliphatic rings. The molecule has 3 aromatic carbocycles. The summed E-state index contributed by atoms with van der Waals surface area (Å²) in [6, 6.07) is 9.83. The quantitative estimate of drug-likeness (QED) is 0.595. The molecule has 0 aliphatic heterocycles. The molecule has 3 aromatic rings. The number of phenols is 1. The summed E-state index contributed by atoms with van der Waals surface area (Å²) in [7, 11) is -0.740. The second kappa shape index (κ2) is 7.87. The molecule has 0 radical (unpaired) electrons. The van der Waals surface area contributed by atoms with Crippen LogP contribution in [0.5, 0.6) is 11.5 Å². The van der Waals surface area contributed by atoms with E-state index in [1.54, 1.807) is 37.3 Å². The van der Waals surface area contributed by atoms with Gasteiger partial charge >= 0.3 is 5.97 Å². The third-order valence-corrected chi connectivity index (χ3v) is 5.46. The van der Waals surface area contributed by atoms with E-state index < -0.39 is 16.0 Å². The summed E-state index contributed by atoms with van der Waals surface area (Å²) in [6.45, 7) is 3.62. The highest BCUT2D eigenvalue weighted by atomic mass is 32.2. The number of nitrogens with one attached hydrogen (secondary N) is 1. The van der Waals surface area contributed by atoms with Crippen molar-refractivity contribution in [3.8, 4) is 22.6 Å². The SMILES string of the molecule is COC(=O)c1ccc2c(-c3c(NS(C)(=O)=O)cc(C)c(OC)c3C)c(O)ccc2c1. The van der Waals surface area contributed by atoms with Gasteiger partial charge in [-0.25, -0.2) is 13.2 Å². The molecule has 0 heterocycles. The van der Waals surface area contributed by atoms with Gasteiger partial charge < -0.3 is 14.6 Å². The van der Waals surface area contributed by atoms with E-state index in [0.29, 0.717) is 44.5 Å². The maximum Gasteiger partial charge on any atom is 0.337 e. The molecule has 0 fully saturated rings. The molecular formula is C22H23NO6S. The van der Waals surface area contributed by atoms with Gasteiger partial charge in [0.05, 0.1) is 31.7 Å². The van der Waals surface area contributed by atoms with Gasteiger partial charge in [0.25, 0.3) is 0 Å². The van der Waals surface area contributed by atoms with E-state index in [4.69, 9.17) is 9.47 Å². The van der Waals surface area contributed by atoms with Crippen LogP contribution in [0.4, 0.5) is 5.69 Å². The minimum absolute atomic E-state index is 0.0288. The molecule has 0 saturated carbocycles. The number of rotatable bonds is 5. The number of aromatic hydroxyl groups is 1.